The number of likely N-dealkylation sites (N-methyl/N-ethyl adjacent to an activating group) is 2. The van der Waals surface area contributed by atoms with E-state index in [9.17, 15) is 24.3 Å². The van der Waals surface area contributed by atoms with Gasteiger partial charge < -0.3 is 35.0 Å². The molecule has 52 heavy (non-hydrogen) atoms. The zero-order valence-electron chi connectivity index (χ0n) is 33.5. The van der Waals surface area contributed by atoms with Crippen LogP contribution in [0.4, 0.5) is 0 Å². The smallest absolute Gasteiger partial charge is 0.245 e. The first-order valence-electron chi connectivity index (χ1n) is 18.8. The fraction of sp³-hybridized carbons (Fsp3) is 0.744. The van der Waals surface area contributed by atoms with E-state index in [1.54, 1.807) is 44.9 Å². The third-order valence-corrected chi connectivity index (χ3v) is 11.4. The number of carbonyl (C=O) groups excluding carboxylic acids is 4. The Balaban J connectivity index is 2.25. The Hall–Kier alpha value is -2.33. The predicted molar refractivity (Wildman–Crippen MR) is 212 cm³/mol. The quantitative estimate of drug-likeness (QED) is 0.128. The maximum absolute atomic E-state index is 14.2. The summed E-state index contributed by atoms with van der Waals surface area (Å²) in [5, 5.41) is 16.8. The number of methoxy groups -OCH3 is 2. The average Bonchev–Trinajstić information content (AvgIpc) is 3.59. The van der Waals surface area contributed by atoms with Crippen LogP contribution in [0.3, 0.4) is 0 Å². The van der Waals surface area contributed by atoms with Gasteiger partial charge in [0, 0.05) is 50.7 Å². The molecular formula is C39H66IN5O7. The monoisotopic (exact) mass is 843 g/mol. The highest BCUT2D eigenvalue weighted by atomic mass is 127. The second-order valence-corrected chi connectivity index (χ2v) is 16.7. The fourth-order valence-corrected chi connectivity index (χ4v) is 8.42. The van der Waals surface area contributed by atoms with Crippen LogP contribution in [0, 0.1) is 23.7 Å². The van der Waals surface area contributed by atoms with Crippen molar-refractivity contribution in [2.75, 3.05) is 34.9 Å². The van der Waals surface area contributed by atoms with E-state index < -0.39 is 48.4 Å². The van der Waals surface area contributed by atoms with Gasteiger partial charge in [0.1, 0.15) is 12.1 Å². The number of nitrogens with zero attached hydrogens (tertiary/aromatic N) is 3. The predicted octanol–water partition coefficient (Wildman–Crippen LogP) is 4.59. The number of benzene rings is 1. The Kier molecular flexibility index (Phi) is 19.0. The summed E-state index contributed by atoms with van der Waals surface area (Å²) in [7, 11) is 6.70. The number of hydrogen-bond acceptors (Lipinski definition) is 8. The Morgan fingerprint density at radius 1 is 0.942 bits per heavy atom. The van der Waals surface area contributed by atoms with Crippen LogP contribution in [-0.2, 0) is 28.7 Å². The zero-order chi connectivity index (χ0) is 39.4. The average molecular weight is 844 g/mol. The lowest BCUT2D eigenvalue weighted by molar-refractivity contribution is -0.148. The third-order valence-electron chi connectivity index (χ3n) is 10.8. The number of ether oxygens (including phenoxy) is 2. The lowest BCUT2D eigenvalue weighted by Gasteiger charge is -2.41. The number of hydrogen-bond donors (Lipinski definition) is 3. The number of amides is 4. The minimum Gasteiger partial charge on any atom is -0.386 e. The van der Waals surface area contributed by atoms with Crippen LogP contribution in [0.25, 0.3) is 0 Å². The molecule has 1 aromatic rings. The highest BCUT2D eigenvalue weighted by Crippen LogP contribution is 2.30. The molecule has 1 heterocycles. The molecular weight excluding hydrogens is 777 g/mol. The van der Waals surface area contributed by atoms with E-state index in [2.05, 4.69) is 33.5 Å². The summed E-state index contributed by atoms with van der Waals surface area (Å²) >= 11 is 2.11. The van der Waals surface area contributed by atoms with Crippen LogP contribution < -0.4 is 10.6 Å². The number of nitrogens with one attached hydrogen (secondary N) is 2. The first-order chi connectivity index (χ1) is 24.4. The Labute approximate surface area is 326 Å². The van der Waals surface area contributed by atoms with Crippen LogP contribution in [0.15, 0.2) is 30.3 Å². The first kappa shape index (κ1) is 45.8. The lowest BCUT2D eigenvalue weighted by Crippen LogP contribution is -2.59. The van der Waals surface area contributed by atoms with Gasteiger partial charge in [0.05, 0.1) is 48.8 Å². The largest absolute Gasteiger partial charge is 0.386 e. The molecule has 1 aliphatic heterocycles. The molecule has 13 heteroatoms. The van der Waals surface area contributed by atoms with Crippen molar-refractivity contribution in [2.24, 2.45) is 23.7 Å². The molecule has 296 valence electrons. The molecule has 1 aromatic carbocycles. The summed E-state index contributed by atoms with van der Waals surface area (Å²) in [5.74, 6) is -1.59. The van der Waals surface area contributed by atoms with E-state index in [1.165, 1.54) is 0 Å². The van der Waals surface area contributed by atoms with Gasteiger partial charge in [-0.1, -0.05) is 85.2 Å². The van der Waals surface area contributed by atoms with E-state index in [0.29, 0.717) is 18.5 Å². The first-order valence-corrected chi connectivity index (χ1v) is 19.7. The van der Waals surface area contributed by atoms with Crippen LogP contribution in [0.1, 0.15) is 92.7 Å². The number of halogens is 1. The molecule has 1 fully saturated rings. The normalized spacial score (nSPS) is 20.1. The molecule has 0 radical (unpaired) electrons. The van der Waals surface area contributed by atoms with E-state index in [0.717, 1.165) is 12.8 Å². The van der Waals surface area contributed by atoms with E-state index in [-0.39, 0.29) is 53.8 Å². The minimum atomic E-state index is -0.876. The summed E-state index contributed by atoms with van der Waals surface area (Å²) < 4.78 is 13.8. The van der Waals surface area contributed by atoms with Crippen molar-refractivity contribution in [2.45, 2.75) is 130 Å². The van der Waals surface area contributed by atoms with Crippen molar-refractivity contribution in [1.82, 2.24) is 23.5 Å². The fourth-order valence-electron chi connectivity index (χ4n) is 7.53. The highest BCUT2D eigenvalue weighted by molar-refractivity contribution is 14.1. The number of aliphatic hydroxyl groups excluding tert-OH is 1. The molecule has 2 unspecified atom stereocenters. The molecule has 10 atom stereocenters. The Morgan fingerprint density at radius 2 is 1.56 bits per heavy atom. The van der Waals surface area contributed by atoms with Gasteiger partial charge in [-0.3, -0.25) is 19.2 Å². The molecule has 0 bridgehead atoms. The number of likely N-dealkylation sites (tertiary alicyclic amines) is 1. The van der Waals surface area contributed by atoms with Gasteiger partial charge in [-0.15, -0.1) is 0 Å². The van der Waals surface area contributed by atoms with Gasteiger partial charge >= 0.3 is 0 Å². The van der Waals surface area contributed by atoms with Crippen LogP contribution >= 0.6 is 22.9 Å². The molecule has 4 amide bonds. The topological polar surface area (TPSA) is 141 Å². The summed E-state index contributed by atoms with van der Waals surface area (Å²) in [6, 6.07) is 6.70. The van der Waals surface area contributed by atoms with E-state index in [4.69, 9.17) is 9.47 Å². The second-order valence-electron chi connectivity index (χ2n) is 15.2. The second kappa shape index (κ2) is 21.5. The van der Waals surface area contributed by atoms with Gasteiger partial charge in [0.2, 0.25) is 23.6 Å². The molecule has 0 spiro atoms. The highest BCUT2D eigenvalue weighted by Gasteiger charge is 2.43. The maximum Gasteiger partial charge on any atom is 0.245 e. The van der Waals surface area contributed by atoms with Crippen molar-refractivity contribution in [3.05, 3.63) is 35.9 Å². The summed E-state index contributed by atoms with van der Waals surface area (Å²) in [4.78, 5) is 58.7. The molecule has 0 aromatic heterocycles. The van der Waals surface area contributed by atoms with E-state index >= 15 is 0 Å². The number of carbonyl (C=O) groups is 4. The molecule has 0 saturated carbocycles. The van der Waals surface area contributed by atoms with Crippen molar-refractivity contribution in [1.29, 1.82) is 0 Å². The SMILES string of the molecule is CC[C@H](C)[C@H]([C@@H](CC(=O)N1CCC[C@H]1[C@H](OC)[C@@H](C)C(=O)N[C@H](C)[C@@H](O)c1ccccc1)OC)N(C)C(=O)C(NC(=O)C(C(C)C)N(C)I)C(C)C. The van der Waals surface area contributed by atoms with E-state index in [1.807, 2.05) is 82.0 Å². The van der Waals surface area contributed by atoms with Gasteiger partial charge in [0.25, 0.3) is 0 Å². The van der Waals surface area contributed by atoms with Gasteiger partial charge in [-0.2, -0.15) is 0 Å². The summed E-state index contributed by atoms with van der Waals surface area (Å²) in [6.45, 7) is 15.9. The zero-order valence-corrected chi connectivity index (χ0v) is 35.6. The molecule has 0 aliphatic carbocycles. The number of aliphatic hydroxyl groups is 1. The standard InChI is InChI=1S/C39H66IN5O7/c1-13-25(6)34(43(9)39(50)32(23(2)3)42-38(49)33(24(4)5)44(10)40)30(51-11)22-31(46)45-21-17-20-29(45)36(52-12)26(7)37(48)41-27(8)35(47)28-18-15-14-16-19-28/h14-16,18-19,23-27,29-30,32-36,47H,13,17,20-22H2,1-12H3,(H,41,48)(H,42,49)/t25-,26+,27+,29-,30+,32?,33?,34+,35+,36+/m0/s1. The third kappa shape index (κ3) is 11.8. The molecule has 3 N–H and O–H groups in total. The van der Waals surface area contributed by atoms with Crippen LogP contribution in [-0.4, -0.2) is 119 Å². The summed E-state index contributed by atoms with van der Waals surface area (Å²) in [6.07, 6.45) is 0.143. The molecule has 2 rings (SSSR count). The van der Waals surface area contributed by atoms with Crippen molar-refractivity contribution < 1.29 is 33.8 Å². The molecule has 1 saturated heterocycles. The minimum absolute atomic E-state index is 0.0165. The van der Waals surface area contributed by atoms with Crippen molar-refractivity contribution in [3.63, 3.8) is 0 Å². The molecule has 12 nitrogen and oxygen atoms in total. The Bertz CT molecular complexity index is 1280. The van der Waals surface area contributed by atoms with Gasteiger partial charge in [0.15, 0.2) is 0 Å². The number of rotatable bonds is 20. The lowest BCUT2D eigenvalue weighted by atomic mass is 9.89. The molecule has 1 aliphatic rings. The van der Waals surface area contributed by atoms with Crippen molar-refractivity contribution in [3.8, 4) is 0 Å². The van der Waals surface area contributed by atoms with Gasteiger partial charge in [-0.05, 0) is 50.1 Å². The van der Waals surface area contributed by atoms with Gasteiger partial charge in [-0.25, -0.2) is 3.11 Å². The maximum atomic E-state index is 14.2. The van der Waals surface area contributed by atoms with Crippen LogP contribution in [0.5, 0.6) is 0 Å². The van der Waals surface area contributed by atoms with Crippen LogP contribution in [0.2, 0.25) is 0 Å². The Morgan fingerprint density at radius 3 is 2.06 bits per heavy atom. The summed E-state index contributed by atoms with van der Waals surface area (Å²) in [5.41, 5.74) is 0.711. The van der Waals surface area contributed by atoms with Crippen molar-refractivity contribution >= 4 is 46.5 Å².